The minimum Gasteiger partial charge on any atom is -0.461 e. The summed E-state index contributed by atoms with van der Waals surface area (Å²) < 4.78 is 17.7. The Labute approximate surface area is 206 Å². The van der Waals surface area contributed by atoms with Crippen LogP contribution in [-0.4, -0.2) is 42.4 Å². The van der Waals surface area contributed by atoms with Crippen molar-refractivity contribution >= 4 is 10.8 Å². The van der Waals surface area contributed by atoms with Crippen LogP contribution in [0.1, 0.15) is 29.0 Å². The molecule has 4 aromatic rings. The minimum absolute atomic E-state index is 0.0666. The van der Waals surface area contributed by atoms with Crippen molar-refractivity contribution in [1.29, 1.82) is 0 Å². The average Bonchev–Trinajstić information content (AvgIpc) is 2.93. The second-order valence-electron chi connectivity index (χ2n) is 8.82. The molecule has 0 radical (unpaired) electrons. The standard InChI is InChI=1S/C29H31N3O3/c1-2-6-22(7-3-1)20-33-14-15-34-29-31-17-26(18-32-29)27-12-13-30-19-28(27)35-21-23-10-11-24-8-4-5-9-25(24)16-23/h1-11,16-18,27-28,30H,12-15,19-21H2. The van der Waals surface area contributed by atoms with Gasteiger partial charge in [-0.05, 0) is 46.5 Å². The van der Waals surface area contributed by atoms with Gasteiger partial charge in [0.15, 0.2) is 0 Å². The van der Waals surface area contributed by atoms with Crippen molar-refractivity contribution < 1.29 is 14.2 Å². The molecule has 3 aromatic carbocycles. The van der Waals surface area contributed by atoms with E-state index >= 15 is 0 Å². The van der Waals surface area contributed by atoms with Crippen LogP contribution in [0, 0.1) is 0 Å². The summed E-state index contributed by atoms with van der Waals surface area (Å²) in [5.74, 6) is 0.250. The Balaban J connectivity index is 1.12. The predicted molar refractivity (Wildman–Crippen MR) is 136 cm³/mol. The highest BCUT2D eigenvalue weighted by Gasteiger charge is 2.28. The fourth-order valence-corrected chi connectivity index (χ4v) is 4.47. The first-order chi connectivity index (χ1) is 17.3. The van der Waals surface area contributed by atoms with Crippen LogP contribution >= 0.6 is 0 Å². The molecule has 1 aliphatic rings. The monoisotopic (exact) mass is 469 g/mol. The fraction of sp³-hybridized carbons (Fsp3) is 0.310. The third-order valence-corrected chi connectivity index (χ3v) is 6.35. The van der Waals surface area contributed by atoms with Gasteiger partial charge in [-0.1, -0.05) is 66.7 Å². The molecule has 2 unspecified atom stereocenters. The number of rotatable bonds is 10. The van der Waals surface area contributed by atoms with Gasteiger partial charge in [0.1, 0.15) is 6.61 Å². The molecule has 1 aromatic heterocycles. The van der Waals surface area contributed by atoms with Crippen molar-refractivity contribution in [1.82, 2.24) is 15.3 Å². The van der Waals surface area contributed by atoms with Crippen LogP contribution in [0.25, 0.3) is 10.8 Å². The lowest BCUT2D eigenvalue weighted by Gasteiger charge is -2.32. The van der Waals surface area contributed by atoms with Gasteiger partial charge in [-0.3, -0.25) is 0 Å². The Hall–Kier alpha value is -3.32. The molecule has 6 nitrogen and oxygen atoms in total. The summed E-state index contributed by atoms with van der Waals surface area (Å²) in [6.07, 6.45) is 4.79. The van der Waals surface area contributed by atoms with E-state index in [9.17, 15) is 0 Å². The van der Waals surface area contributed by atoms with Gasteiger partial charge < -0.3 is 19.5 Å². The van der Waals surface area contributed by atoms with Crippen LogP contribution in [-0.2, 0) is 22.7 Å². The Kier molecular flexibility index (Phi) is 7.96. The molecule has 0 aliphatic carbocycles. The van der Waals surface area contributed by atoms with E-state index in [1.807, 2.05) is 42.7 Å². The number of piperidine rings is 1. The molecule has 2 atom stereocenters. The first kappa shape index (κ1) is 23.4. The number of ether oxygens (including phenoxy) is 3. The van der Waals surface area contributed by atoms with E-state index in [2.05, 4.69) is 57.7 Å². The molecule has 1 saturated heterocycles. The van der Waals surface area contributed by atoms with E-state index in [0.717, 1.165) is 30.6 Å². The molecule has 35 heavy (non-hydrogen) atoms. The molecule has 5 rings (SSSR count). The molecule has 1 fully saturated rings. The molecule has 1 aliphatic heterocycles. The lowest BCUT2D eigenvalue weighted by Crippen LogP contribution is -2.41. The van der Waals surface area contributed by atoms with Crippen molar-refractivity contribution in [3.05, 3.63) is 102 Å². The SMILES string of the molecule is c1ccc(COCCOc2ncc(C3CCNCC3OCc3ccc4ccccc4c3)cn2)cc1. The summed E-state index contributed by atoms with van der Waals surface area (Å²) in [6.45, 7) is 3.82. The van der Waals surface area contributed by atoms with Gasteiger partial charge in [0.05, 0.1) is 25.9 Å². The number of hydrogen-bond acceptors (Lipinski definition) is 6. The maximum atomic E-state index is 6.38. The van der Waals surface area contributed by atoms with Crippen LogP contribution in [0.15, 0.2) is 85.2 Å². The van der Waals surface area contributed by atoms with Gasteiger partial charge in [-0.15, -0.1) is 0 Å². The maximum Gasteiger partial charge on any atom is 0.316 e. The van der Waals surface area contributed by atoms with Crippen molar-refractivity contribution in [3.63, 3.8) is 0 Å². The summed E-state index contributed by atoms with van der Waals surface area (Å²) >= 11 is 0. The zero-order chi connectivity index (χ0) is 23.7. The predicted octanol–water partition coefficient (Wildman–Crippen LogP) is 4.89. The molecule has 6 heteroatoms. The number of nitrogens with zero attached hydrogens (tertiary/aromatic N) is 2. The maximum absolute atomic E-state index is 6.38. The largest absolute Gasteiger partial charge is 0.461 e. The summed E-state index contributed by atoms with van der Waals surface area (Å²) in [5, 5.41) is 5.94. The molecule has 0 amide bonds. The van der Waals surface area contributed by atoms with Gasteiger partial charge in [-0.2, -0.15) is 0 Å². The van der Waals surface area contributed by atoms with Gasteiger partial charge in [0.2, 0.25) is 0 Å². The summed E-state index contributed by atoms with van der Waals surface area (Å²) in [6, 6.07) is 25.4. The molecule has 0 saturated carbocycles. The van der Waals surface area contributed by atoms with Gasteiger partial charge in [-0.25, -0.2) is 9.97 Å². The van der Waals surface area contributed by atoms with E-state index in [1.165, 1.54) is 16.3 Å². The smallest absolute Gasteiger partial charge is 0.316 e. The van der Waals surface area contributed by atoms with Crippen LogP contribution in [0.4, 0.5) is 0 Å². The van der Waals surface area contributed by atoms with Gasteiger partial charge in [0, 0.05) is 24.9 Å². The number of fused-ring (bicyclic) bond motifs is 1. The van der Waals surface area contributed by atoms with E-state index in [4.69, 9.17) is 14.2 Å². The van der Waals surface area contributed by atoms with Crippen LogP contribution in [0.3, 0.4) is 0 Å². The number of aromatic nitrogens is 2. The number of hydrogen-bond donors (Lipinski definition) is 1. The van der Waals surface area contributed by atoms with E-state index < -0.39 is 0 Å². The highest BCUT2D eigenvalue weighted by Crippen LogP contribution is 2.28. The highest BCUT2D eigenvalue weighted by atomic mass is 16.5. The Bertz CT molecular complexity index is 1200. The quantitative estimate of drug-likeness (QED) is 0.334. The molecule has 180 valence electrons. The summed E-state index contributed by atoms with van der Waals surface area (Å²) in [5.41, 5.74) is 3.41. The third kappa shape index (κ3) is 6.42. The average molecular weight is 470 g/mol. The molecule has 0 bridgehead atoms. The van der Waals surface area contributed by atoms with Crippen LogP contribution in [0.5, 0.6) is 6.01 Å². The second kappa shape index (κ2) is 11.9. The second-order valence-corrected chi connectivity index (χ2v) is 8.82. The molecular weight excluding hydrogens is 438 g/mol. The highest BCUT2D eigenvalue weighted by molar-refractivity contribution is 5.82. The molecular formula is C29H31N3O3. The zero-order valence-electron chi connectivity index (χ0n) is 19.8. The molecule has 0 spiro atoms. The van der Waals surface area contributed by atoms with E-state index in [1.54, 1.807) is 0 Å². The summed E-state index contributed by atoms with van der Waals surface area (Å²) in [4.78, 5) is 8.86. The molecule has 2 heterocycles. The minimum atomic E-state index is 0.0666. The van der Waals surface area contributed by atoms with Gasteiger partial charge >= 0.3 is 6.01 Å². The lowest BCUT2D eigenvalue weighted by molar-refractivity contribution is 0.0104. The first-order valence-electron chi connectivity index (χ1n) is 12.2. The number of nitrogens with one attached hydrogen (secondary N) is 1. The Morgan fingerprint density at radius 1 is 0.800 bits per heavy atom. The lowest BCUT2D eigenvalue weighted by atomic mass is 9.89. The van der Waals surface area contributed by atoms with Crippen molar-refractivity contribution in [2.45, 2.75) is 31.7 Å². The van der Waals surface area contributed by atoms with Crippen molar-refractivity contribution in [2.24, 2.45) is 0 Å². The Morgan fingerprint density at radius 3 is 2.46 bits per heavy atom. The van der Waals surface area contributed by atoms with E-state index in [0.29, 0.717) is 32.4 Å². The summed E-state index contributed by atoms with van der Waals surface area (Å²) in [7, 11) is 0. The number of benzene rings is 3. The molecule has 1 N–H and O–H groups in total. The van der Waals surface area contributed by atoms with Crippen molar-refractivity contribution in [3.8, 4) is 6.01 Å². The van der Waals surface area contributed by atoms with Gasteiger partial charge in [0.25, 0.3) is 0 Å². The third-order valence-electron chi connectivity index (χ3n) is 6.35. The Morgan fingerprint density at radius 2 is 1.60 bits per heavy atom. The topological polar surface area (TPSA) is 65.5 Å². The van der Waals surface area contributed by atoms with Crippen LogP contribution < -0.4 is 10.1 Å². The zero-order valence-corrected chi connectivity index (χ0v) is 19.8. The van der Waals surface area contributed by atoms with Crippen molar-refractivity contribution in [2.75, 3.05) is 26.3 Å². The van der Waals surface area contributed by atoms with E-state index in [-0.39, 0.29) is 12.0 Å². The fourth-order valence-electron chi connectivity index (χ4n) is 4.47. The first-order valence-corrected chi connectivity index (χ1v) is 12.2. The van der Waals surface area contributed by atoms with Crippen LogP contribution in [0.2, 0.25) is 0 Å². The normalized spacial score (nSPS) is 17.9.